The molecular formula is C30H30BrN5O5. The first-order valence-electron chi connectivity index (χ1n) is 13.2. The molecule has 3 heterocycles. The van der Waals surface area contributed by atoms with Gasteiger partial charge in [-0.2, -0.15) is 5.10 Å². The summed E-state index contributed by atoms with van der Waals surface area (Å²) in [6.07, 6.45) is 0.766. The number of hydrazone groups is 1. The highest BCUT2D eigenvalue weighted by atomic mass is 79.9. The molecule has 2 aliphatic rings. The van der Waals surface area contributed by atoms with Crippen LogP contribution in [-0.4, -0.2) is 63.5 Å². The van der Waals surface area contributed by atoms with Gasteiger partial charge in [-0.3, -0.25) is 15.1 Å². The second kappa shape index (κ2) is 11.7. The highest BCUT2D eigenvalue weighted by molar-refractivity contribution is 9.10. The van der Waals surface area contributed by atoms with E-state index in [9.17, 15) is 14.4 Å². The number of anilines is 1. The van der Waals surface area contributed by atoms with E-state index in [2.05, 4.69) is 26.2 Å². The van der Waals surface area contributed by atoms with Crippen LogP contribution in [0.2, 0.25) is 0 Å². The first kappa shape index (κ1) is 28.3. The minimum absolute atomic E-state index is 0.217. The van der Waals surface area contributed by atoms with E-state index in [4.69, 9.17) is 14.6 Å². The number of likely N-dealkylation sites (tertiary alicyclic amines) is 1. The number of rotatable bonds is 5. The van der Waals surface area contributed by atoms with Gasteiger partial charge in [-0.1, -0.05) is 34.1 Å². The summed E-state index contributed by atoms with van der Waals surface area (Å²) in [4.78, 5) is 43.8. The summed E-state index contributed by atoms with van der Waals surface area (Å²) in [6.45, 7) is 5.97. The van der Waals surface area contributed by atoms with Crippen molar-refractivity contribution in [3.8, 4) is 0 Å². The molecule has 0 aliphatic carbocycles. The number of hydrogen-bond donors (Lipinski definition) is 1. The predicted molar refractivity (Wildman–Crippen MR) is 157 cm³/mol. The maximum absolute atomic E-state index is 13.4. The molecule has 0 radical (unpaired) electrons. The summed E-state index contributed by atoms with van der Waals surface area (Å²) in [5.41, 5.74) is 2.80. The van der Waals surface area contributed by atoms with Crippen molar-refractivity contribution >= 4 is 45.4 Å². The number of carbonyl (C=O) groups is 3. The normalized spacial score (nSPS) is 17.0. The Bertz CT molecular complexity index is 1450. The Morgan fingerprint density at radius 1 is 0.976 bits per heavy atom. The lowest BCUT2D eigenvalue weighted by Crippen LogP contribution is -2.56. The fourth-order valence-corrected chi connectivity index (χ4v) is 4.70. The molecule has 11 heteroatoms. The number of aromatic nitrogens is 1. The van der Waals surface area contributed by atoms with Gasteiger partial charge in [-0.25, -0.2) is 14.6 Å². The van der Waals surface area contributed by atoms with Gasteiger partial charge < -0.3 is 14.4 Å². The Balaban J connectivity index is 1.22. The van der Waals surface area contributed by atoms with Crippen LogP contribution >= 0.6 is 15.9 Å². The number of benzene rings is 2. The number of carbonyl (C=O) groups excluding carboxylic acids is 3. The van der Waals surface area contributed by atoms with Crippen molar-refractivity contribution in [2.24, 2.45) is 5.10 Å². The summed E-state index contributed by atoms with van der Waals surface area (Å²) in [7, 11) is 0. The Hall–Kier alpha value is -4.25. The summed E-state index contributed by atoms with van der Waals surface area (Å²) in [5, 5.41) is 8.91. The van der Waals surface area contributed by atoms with Crippen molar-refractivity contribution in [3.63, 3.8) is 0 Å². The van der Waals surface area contributed by atoms with Crippen LogP contribution in [-0.2, 0) is 9.47 Å². The molecule has 41 heavy (non-hydrogen) atoms. The van der Waals surface area contributed by atoms with Crippen LogP contribution in [0.15, 0.2) is 82.5 Å². The van der Waals surface area contributed by atoms with Gasteiger partial charge in [0.15, 0.2) is 0 Å². The first-order valence-corrected chi connectivity index (χ1v) is 14.0. The molecule has 3 amide bonds. The summed E-state index contributed by atoms with van der Waals surface area (Å²) in [6, 6.07) is 19.6. The molecular weight excluding hydrogens is 590 g/mol. The average molecular weight is 621 g/mol. The first-order chi connectivity index (χ1) is 19.6. The van der Waals surface area contributed by atoms with Gasteiger partial charge in [0.1, 0.15) is 17.7 Å². The number of hydrogen-bond acceptors (Lipinski definition) is 7. The predicted octanol–water partition coefficient (Wildman–Crippen LogP) is 6.00. The number of nitrogens with one attached hydrogen (secondary N) is 1. The molecule has 5 rings (SSSR count). The van der Waals surface area contributed by atoms with Crippen molar-refractivity contribution in [2.75, 3.05) is 18.4 Å². The molecule has 0 saturated carbocycles. The Kier molecular flexibility index (Phi) is 8.07. The Labute approximate surface area is 246 Å². The van der Waals surface area contributed by atoms with Crippen molar-refractivity contribution in [1.29, 1.82) is 0 Å². The maximum atomic E-state index is 13.4. The zero-order valence-electron chi connectivity index (χ0n) is 22.9. The van der Waals surface area contributed by atoms with Crippen molar-refractivity contribution in [1.82, 2.24) is 14.9 Å². The number of nitrogens with zero attached hydrogens (tertiary/aromatic N) is 4. The third-order valence-corrected chi connectivity index (χ3v) is 7.01. The van der Waals surface area contributed by atoms with Gasteiger partial charge >= 0.3 is 12.2 Å². The molecule has 1 unspecified atom stereocenters. The molecule has 1 fully saturated rings. The zero-order chi connectivity index (χ0) is 29.1. The Morgan fingerprint density at radius 2 is 1.68 bits per heavy atom. The van der Waals surface area contributed by atoms with Crippen LogP contribution in [0.25, 0.3) is 0 Å². The van der Waals surface area contributed by atoms with E-state index in [-0.39, 0.29) is 25.0 Å². The summed E-state index contributed by atoms with van der Waals surface area (Å²) in [5.74, 6) is -0.217. The highest BCUT2D eigenvalue weighted by Gasteiger charge is 2.37. The van der Waals surface area contributed by atoms with E-state index in [1.165, 1.54) is 9.91 Å². The molecule has 0 spiro atoms. The quantitative estimate of drug-likeness (QED) is 0.374. The van der Waals surface area contributed by atoms with Gasteiger partial charge in [-0.05, 0) is 74.9 Å². The molecule has 1 aromatic heterocycles. The fraction of sp³-hybridized carbons (Fsp3) is 0.300. The van der Waals surface area contributed by atoms with E-state index < -0.39 is 23.9 Å². The van der Waals surface area contributed by atoms with E-state index in [1.807, 2.05) is 42.5 Å². The van der Waals surface area contributed by atoms with Crippen LogP contribution in [0.5, 0.6) is 0 Å². The van der Waals surface area contributed by atoms with Crippen LogP contribution in [0.4, 0.5) is 15.3 Å². The van der Waals surface area contributed by atoms with E-state index in [0.717, 1.165) is 21.4 Å². The van der Waals surface area contributed by atoms with Crippen LogP contribution in [0, 0.1) is 0 Å². The molecule has 212 valence electrons. The standard InChI is InChI=1S/C30H30BrN5O5/c1-30(2,3)41-29(39)35-17-23(18-35)40-28(38)33-22-13-9-19(10-14-22)25-16-26(24-6-4-5-15-32-24)36(34-25)27(37)20-7-11-21(31)12-8-20/h4-15,23,26H,16-18H2,1-3H3,(H,33,38). The van der Waals surface area contributed by atoms with Crippen molar-refractivity contribution in [2.45, 2.75) is 44.9 Å². The van der Waals surface area contributed by atoms with Crippen molar-refractivity contribution < 1.29 is 23.9 Å². The number of amides is 3. The fourth-order valence-electron chi connectivity index (χ4n) is 4.43. The second-order valence-electron chi connectivity index (χ2n) is 10.8. The van der Waals surface area contributed by atoms with E-state index >= 15 is 0 Å². The molecule has 3 aromatic rings. The molecule has 1 atom stereocenters. The minimum Gasteiger partial charge on any atom is -0.444 e. The molecule has 0 bridgehead atoms. The van der Waals surface area contributed by atoms with E-state index in [1.54, 1.807) is 51.2 Å². The van der Waals surface area contributed by atoms with Crippen LogP contribution < -0.4 is 5.32 Å². The van der Waals surface area contributed by atoms with Crippen molar-refractivity contribution in [3.05, 3.63) is 94.2 Å². The van der Waals surface area contributed by atoms with Crippen LogP contribution in [0.3, 0.4) is 0 Å². The van der Waals surface area contributed by atoms with Gasteiger partial charge in [-0.15, -0.1) is 0 Å². The minimum atomic E-state index is -0.605. The zero-order valence-corrected chi connectivity index (χ0v) is 24.5. The monoisotopic (exact) mass is 619 g/mol. The lowest BCUT2D eigenvalue weighted by atomic mass is 10.0. The smallest absolute Gasteiger partial charge is 0.412 e. The Morgan fingerprint density at radius 3 is 2.32 bits per heavy atom. The highest BCUT2D eigenvalue weighted by Crippen LogP contribution is 2.33. The maximum Gasteiger partial charge on any atom is 0.412 e. The molecule has 2 aromatic carbocycles. The SMILES string of the molecule is CC(C)(C)OC(=O)N1CC(OC(=O)Nc2ccc(C3=NN(C(=O)c4ccc(Br)cc4)C(c4ccccn4)C3)cc2)C1. The number of ether oxygens (including phenoxy) is 2. The lowest BCUT2D eigenvalue weighted by Gasteiger charge is -2.38. The third kappa shape index (κ3) is 6.91. The summed E-state index contributed by atoms with van der Waals surface area (Å²) >= 11 is 3.41. The van der Waals surface area contributed by atoms with Crippen LogP contribution in [0.1, 0.15) is 54.8 Å². The largest absolute Gasteiger partial charge is 0.444 e. The second-order valence-corrected chi connectivity index (χ2v) is 11.7. The molecule has 2 aliphatic heterocycles. The van der Waals surface area contributed by atoms with Gasteiger partial charge in [0.05, 0.1) is 24.5 Å². The molecule has 1 saturated heterocycles. The average Bonchev–Trinajstić information content (AvgIpc) is 3.36. The molecule has 10 nitrogen and oxygen atoms in total. The van der Waals surface area contributed by atoms with Gasteiger partial charge in [0, 0.05) is 28.3 Å². The third-order valence-electron chi connectivity index (χ3n) is 6.48. The van der Waals surface area contributed by atoms with Gasteiger partial charge in [0.2, 0.25) is 0 Å². The summed E-state index contributed by atoms with van der Waals surface area (Å²) < 4.78 is 11.6. The van der Waals surface area contributed by atoms with E-state index in [0.29, 0.717) is 17.7 Å². The van der Waals surface area contributed by atoms with Gasteiger partial charge in [0.25, 0.3) is 5.91 Å². The number of halogens is 1. The molecule has 1 N–H and O–H groups in total. The topological polar surface area (TPSA) is 113 Å². The number of pyridine rings is 1. The lowest BCUT2D eigenvalue weighted by molar-refractivity contribution is -0.0339.